The topological polar surface area (TPSA) is 67.9 Å². The van der Waals surface area contributed by atoms with E-state index in [-0.39, 0.29) is 4.90 Å². The summed E-state index contributed by atoms with van der Waals surface area (Å²) in [6.07, 6.45) is 1.34. The summed E-state index contributed by atoms with van der Waals surface area (Å²) in [5, 5.41) is 3.24. The van der Waals surface area contributed by atoms with E-state index >= 15 is 0 Å². The number of rotatable bonds is 3. The van der Waals surface area contributed by atoms with E-state index in [1.165, 1.54) is 11.4 Å². The maximum Gasteiger partial charge on any atom is 0.249 e. The van der Waals surface area contributed by atoms with Crippen LogP contribution in [0.5, 0.6) is 5.75 Å². The molecule has 21 heavy (non-hydrogen) atoms. The van der Waals surface area contributed by atoms with Crippen LogP contribution in [0.15, 0.2) is 29.2 Å². The lowest BCUT2D eigenvalue weighted by atomic mass is 10.0. The summed E-state index contributed by atoms with van der Waals surface area (Å²) in [6, 6.07) is 6.72. The number of sulfonamides is 1. The molecule has 0 aromatic heterocycles. The van der Waals surface area contributed by atoms with Crippen molar-refractivity contribution in [2.45, 2.75) is 23.5 Å². The monoisotopic (exact) mass is 312 g/mol. The van der Waals surface area contributed by atoms with Gasteiger partial charge in [0.2, 0.25) is 10.0 Å². The van der Waals surface area contributed by atoms with Crippen LogP contribution in [0.2, 0.25) is 0 Å². The van der Waals surface area contributed by atoms with Crippen LogP contribution >= 0.6 is 0 Å². The zero-order chi connectivity index (χ0) is 14.9. The molecule has 0 unspecified atom stereocenters. The fourth-order valence-corrected chi connectivity index (χ4v) is 4.98. The van der Waals surface area contributed by atoms with E-state index in [0.29, 0.717) is 31.7 Å². The molecule has 6 nitrogen and oxygen atoms in total. The van der Waals surface area contributed by atoms with Crippen LogP contribution in [0, 0.1) is 0 Å². The van der Waals surface area contributed by atoms with Crippen molar-refractivity contribution < 1.29 is 17.9 Å². The Bertz CT molecular complexity index is 611. The van der Waals surface area contributed by atoms with Crippen LogP contribution in [0.1, 0.15) is 12.8 Å². The van der Waals surface area contributed by atoms with Crippen LogP contribution in [0.4, 0.5) is 0 Å². The lowest BCUT2D eigenvalue weighted by molar-refractivity contribution is -0.0705. The lowest BCUT2D eigenvalue weighted by Crippen LogP contribution is -2.53. The van der Waals surface area contributed by atoms with E-state index in [1.54, 1.807) is 24.3 Å². The number of ether oxygens (including phenoxy) is 2. The van der Waals surface area contributed by atoms with Crippen molar-refractivity contribution in [1.29, 1.82) is 0 Å². The van der Waals surface area contributed by atoms with Gasteiger partial charge in [-0.05, 0) is 25.2 Å². The van der Waals surface area contributed by atoms with E-state index in [9.17, 15) is 8.42 Å². The highest BCUT2D eigenvalue weighted by Crippen LogP contribution is 2.38. The SMILES string of the molecule is COc1ccccc1S(=O)(=O)N1CCOC12CCNCC2. The fraction of sp³-hybridized carbons (Fsp3) is 0.571. The first-order chi connectivity index (χ1) is 10.1. The van der Waals surface area contributed by atoms with Crippen molar-refractivity contribution in [2.24, 2.45) is 0 Å². The standard InChI is InChI=1S/C14H20N2O4S/c1-19-12-4-2-3-5-13(12)21(17,18)16-10-11-20-14(16)6-8-15-9-7-14/h2-5,15H,6-11H2,1H3. The Balaban J connectivity index is 2.01. The Morgan fingerprint density at radius 1 is 1.29 bits per heavy atom. The molecule has 116 valence electrons. The van der Waals surface area contributed by atoms with Crippen LogP contribution in [-0.4, -0.2) is 51.8 Å². The average Bonchev–Trinajstić information content (AvgIpc) is 2.91. The molecule has 2 aliphatic heterocycles. The molecular formula is C14H20N2O4S. The van der Waals surface area contributed by atoms with Crippen molar-refractivity contribution in [2.75, 3.05) is 33.4 Å². The summed E-state index contributed by atoms with van der Waals surface area (Å²) >= 11 is 0. The summed E-state index contributed by atoms with van der Waals surface area (Å²) in [7, 11) is -2.15. The van der Waals surface area contributed by atoms with Gasteiger partial charge in [-0.25, -0.2) is 8.42 Å². The number of hydrogen-bond donors (Lipinski definition) is 1. The largest absolute Gasteiger partial charge is 0.495 e. The number of methoxy groups -OCH3 is 1. The van der Waals surface area contributed by atoms with Crippen molar-refractivity contribution in [3.05, 3.63) is 24.3 Å². The highest BCUT2D eigenvalue weighted by atomic mass is 32.2. The minimum Gasteiger partial charge on any atom is -0.495 e. The minimum atomic E-state index is -3.63. The molecule has 0 aliphatic carbocycles. The molecule has 2 aliphatic rings. The third-order valence-electron chi connectivity index (χ3n) is 4.14. The number of nitrogens with zero attached hydrogens (tertiary/aromatic N) is 1. The van der Waals surface area contributed by atoms with E-state index in [2.05, 4.69) is 5.32 Å². The molecule has 2 heterocycles. The van der Waals surface area contributed by atoms with Gasteiger partial charge >= 0.3 is 0 Å². The van der Waals surface area contributed by atoms with E-state index in [1.807, 2.05) is 0 Å². The second kappa shape index (κ2) is 5.57. The molecular weight excluding hydrogens is 292 g/mol. The van der Waals surface area contributed by atoms with Crippen LogP contribution in [0.25, 0.3) is 0 Å². The summed E-state index contributed by atoms with van der Waals surface area (Å²) in [5.41, 5.74) is -0.703. The molecule has 0 saturated carbocycles. The van der Waals surface area contributed by atoms with Crippen LogP contribution < -0.4 is 10.1 Å². The third-order valence-corrected chi connectivity index (χ3v) is 6.13. The van der Waals surface area contributed by atoms with Crippen molar-refractivity contribution in [1.82, 2.24) is 9.62 Å². The second-order valence-electron chi connectivity index (χ2n) is 5.27. The molecule has 3 rings (SSSR count). The number of hydrogen-bond acceptors (Lipinski definition) is 5. The first-order valence-electron chi connectivity index (χ1n) is 7.11. The normalized spacial score (nSPS) is 22.5. The molecule has 1 aromatic rings. The molecule has 2 saturated heterocycles. The van der Waals surface area contributed by atoms with Gasteiger partial charge in [-0.15, -0.1) is 0 Å². The van der Waals surface area contributed by atoms with Crippen molar-refractivity contribution >= 4 is 10.0 Å². The highest BCUT2D eigenvalue weighted by molar-refractivity contribution is 7.89. The van der Waals surface area contributed by atoms with Gasteiger partial charge in [0, 0.05) is 19.4 Å². The Kier molecular flexibility index (Phi) is 3.92. The first-order valence-corrected chi connectivity index (χ1v) is 8.55. The van der Waals surface area contributed by atoms with E-state index in [0.717, 1.165) is 13.1 Å². The molecule has 0 bridgehead atoms. The molecule has 0 atom stereocenters. The molecule has 1 spiro atoms. The maximum absolute atomic E-state index is 13.0. The number of benzene rings is 1. The van der Waals surface area contributed by atoms with Gasteiger partial charge in [-0.1, -0.05) is 12.1 Å². The lowest BCUT2D eigenvalue weighted by Gasteiger charge is -2.39. The second-order valence-corrected chi connectivity index (χ2v) is 7.10. The quantitative estimate of drug-likeness (QED) is 0.894. The van der Waals surface area contributed by atoms with E-state index < -0.39 is 15.7 Å². The molecule has 1 N–H and O–H groups in total. The smallest absolute Gasteiger partial charge is 0.249 e. The van der Waals surface area contributed by atoms with Gasteiger partial charge in [-0.2, -0.15) is 4.31 Å². The Morgan fingerprint density at radius 2 is 2.00 bits per heavy atom. The maximum atomic E-state index is 13.0. The van der Waals surface area contributed by atoms with Gasteiger partial charge in [0.25, 0.3) is 0 Å². The number of nitrogens with one attached hydrogen (secondary N) is 1. The first kappa shape index (κ1) is 14.8. The fourth-order valence-electron chi connectivity index (χ4n) is 3.10. The molecule has 0 radical (unpaired) electrons. The van der Waals surface area contributed by atoms with Crippen molar-refractivity contribution in [3.8, 4) is 5.75 Å². The van der Waals surface area contributed by atoms with Gasteiger partial charge in [0.1, 0.15) is 16.4 Å². The number of para-hydroxylation sites is 1. The summed E-state index contributed by atoms with van der Waals surface area (Å²) in [6.45, 7) is 2.35. The van der Waals surface area contributed by atoms with Crippen LogP contribution in [-0.2, 0) is 14.8 Å². The Labute approximate surface area is 125 Å². The summed E-state index contributed by atoms with van der Waals surface area (Å²) < 4.78 is 38.6. The number of piperidine rings is 1. The zero-order valence-corrected chi connectivity index (χ0v) is 12.9. The van der Waals surface area contributed by atoms with Gasteiger partial charge in [0.05, 0.1) is 13.7 Å². The van der Waals surface area contributed by atoms with Crippen LogP contribution in [0.3, 0.4) is 0 Å². The minimum absolute atomic E-state index is 0.205. The molecule has 7 heteroatoms. The van der Waals surface area contributed by atoms with Crippen molar-refractivity contribution in [3.63, 3.8) is 0 Å². The zero-order valence-electron chi connectivity index (χ0n) is 12.0. The van der Waals surface area contributed by atoms with E-state index in [4.69, 9.17) is 9.47 Å². The predicted molar refractivity (Wildman–Crippen MR) is 77.7 cm³/mol. The molecule has 2 fully saturated rings. The van der Waals surface area contributed by atoms with Gasteiger partial charge in [-0.3, -0.25) is 0 Å². The Hall–Kier alpha value is -1.15. The average molecular weight is 312 g/mol. The predicted octanol–water partition coefficient (Wildman–Crippen LogP) is 0.796. The Morgan fingerprint density at radius 3 is 2.71 bits per heavy atom. The molecule has 1 aromatic carbocycles. The van der Waals surface area contributed by atoms with Gasteiger partial charge in [0.15, 0.2) is 0 Å². The highest BCUT2D eigenvalue weighted by Gasteiger charge is 2.49. The van der Waals surface area contributed by atoms with Gasteiger partial charge < -0.3 is 14.8 Å². The summed E-state index contributed by atoms with van der Waals surface area (Å²) in [5.74, 6) is 0.369. The summed E-state index contributed by atoms with van der Waals surface area (Å²) in [4.78, 5) is 0.205. The molecule has 0 amide bonds. The third kappa shape index (κ3) is 2.44.